The van der Waals surface area contributed by atoms with E-state index in [-0.39, 0.29) is 6.04 Å². The molecule has 1 aliphatic rings. The third-order valence-corrected chi connectivity index (χ3v) is 5.49. The number of rotatable bonds is 3. The molecule has 0 aromatic heterocycles. The molecule has 0 radical (unpaired) electrons. The topological polar surface area (TPSA) is 26.0 Å². The van der Waals surface area contributed by atoms with Crippen LogP contribution in [0.4, 0.5) is 0 Å². The van der Waals surface area contributed by atoms with Crippen LogP contribution in [0.25, 0.3) is 0 Å². The first-order valence-corrected chi connectivity index (χ1v) is 8.42. The Balaban J connectivity index is 2.23. The Morgan fingerprint density at radius 1 is 1.28 bits per heavy atom. The maximum Gasteiger partial charge on any atom is 0.0337 e. The summed E-state index contributed by atoms with van der Waals surface area (Å²) in [6.45, 7) is 2.30. The monoisotopic (exact) mass is 373 g/mol. The first-order valence-electron chi connectivity index (χ1n) is 6.84. The Morgan fingerprint density at radius 3 is 2.72 bits per heavy atom. The van der Waals surface area contributed by atoms with Gasteiger partial charge in [-0.2, -0.15) is 0 Å². The van der Waals surface area contributed by atoms with Crippen LogP contribution in [0.5, 0.6) is 0 Å². The van der Waals surface area contributed by atoms with Crippen LogP contribution in [0, 0.1) is 11.8 Å². The van der Waals surface area contributed by atoms with Gasteiger partial charge in [0.1, 0.15) is 0 Å². The van der Waals surface area contributed by atoms with Gasteiger partial charge >= 0.3 is 0 Å². The first-order chi connectivity index (χ1) is 8.63. The molecule has 1 fully saturated rings. The second-order valence-electron chi connectivity index (χ2n) is 5.31. The molecule has 0 spiro atoms. The van der Waals surface area contributed by atoms with Crippen molar-refractivity contribution in [3.63, 3.8) is 0 Å². The fourth-order valence-corrected chi connectivity index (χ4v) is 4.11. The zero-order chi connectivity index (χ0) is 13.1. The maximum absolute atomic E-state index is 6.55. The van der Waals surface area contributed by atoms with Gasteiger partial charge in [0.05, 0.1) is 0 Å². The molecule has 1 aromatic carbocycles. The Labute approximate surface area is 127 Å². The molecule has 0 bridgehead atoms. The molecule has 100 valence electrons. The summed E-state index contributed by atoms with van der Waals surface area (Å²) >= 11 is 7.18. The molecular formula is C15H21Br2N. The highest BCUT2D eigenvalue weighted by Crippen LogP contribution is 2.41. The van der Waals surface area contributed by atoms with Crippen LogP contribution in [-0.2, 0) is 0 Å². The van der Waals surface area contributed by atoms with Gasteiger partial charge in [-0.25, -0.2) is 0 Å². The van der Waals surface area contributed by atoms with Crippen LogP contribution >= 0.6 is 31.9 Å². The zero-order valence-electron chi connectivity index (χ0n) is 10.8. The summed E-state index contributed by atoms with van der Waals surface area (Å²) in [4.78, 5) is 0. The average Bonchev–Trinajstić information content (AvgIpc) is 2.40. The van der Waals surface area contributed by atoms with Gasteiger partial charge in [0, 0.05) is 15.0 Å². The minimum atomic E-state index is 0.155. The highest BCUT2D eigenvalue weighted by molar-refractivity contribution is 9.11. The van der Waals surface area contributed by atoms with E-state index in [0.29, 0.717) is 5.92 Å². The van der Waals surface area contributed by atoms with Gasteiger partial charge in [0.15, 0.2) is 0 Å². The van der Waals surface area contributed by atoms with Crippen LogP contribution < -0.4 is 5.73 Å². The van der Waals surface area contributed by atoms with E-state index in [2.05, 4.69) is 57.0 Å². The minimum Gasteiger partial charge on any atom is -0.324 e. The Kier molecular flexibility index (Phi) is 5.28. The summed E-state index contributed by atoms with van der Waals surface area (Å²) in [5.74, 6) is 1.42. The second kappa shape index (κ2) is 6.53. The molecule has 1 aromatic rings. The van der Waals surface area contributed by atoms with E-state index in [4.69, 9.17) is 5.73 Å². The standard InChI is InChI=1S/C15H21Br2N/c1-2-10-5-3-4-6-12(10)15(18)13-9-11(16)7-8-14(13)17/h7-10,12,15H,2-6,18H2,1H3. The molecule has 0 aliphatic heterocycles. The van der Waals surface area contributed by atoms with Gasteiger partial charge in [-0.15, -0.1) is 0 Å². The molecular weight excluding hydrogens is 354 g/mol. The molecule has 1 aliphatic carbocycles. The Morgan fingerprint density at radius 2 is 2.00 bits per heavy atom. The van der Waals surface area contributed by atoms with Gasteiger partial charge in [-0.05, 0) is 42.0 Å². The summed E-state index contributed by atoms with van der Waals surface area (Å²) < 4.78 is 2.25. The molecule has 3 unspecified atom stereocenters. The smallest absolute Gasteiger partial charge is 0.0337 e. The van der Waals surface area contributed by atoms with Crippen molar-refractivity contribution in [1.29, 1.82) is 0 Å². The van der Waals surface area contributed by atoms with Crippen LogP contribution in [0.15, 0.2) is 27.1 Å². The fraction of sp³-hybridized carbons (Fsp3) is 0.600. The van der Waals surface area contributed by atoms with Crippen LogP contribution in [-0.4, -0.2) is 0 Å². The van der Waals surface area contributed by atoms with Gasteiger partial charge < -0.3 is 5.73 Å². The molecule has 0 saturated heterocycles. The predicted molar refractivity (Wildman–Crippen MR) is 84.5 cm³/mol. The van der Waals surface area contributed by atoms with E-state index in [1.165, 1.54) is 37.7 Å². The van der Waals surface area contributed by atoms with Crippen LogP contribution in [0.1, 0.15) is 50.6 Å². The summed E-state index contributed by atoms with van der Waals surface area (Å²) in [6.07, 6.45) is 6.59. The number of halogens is 2. The van der Waals surface area contributed by atoms with E-state index in [1.54, 1.807) is 0 Å². The van der Waals surface area contributed by atoms with E-state index in [0.717, 1.165) is 14.9 Å². The number of hydrogen-bond acceptors (Lipinski definition) is 1. The number of nitrogens with two attached hydrogens (primary N) is 1. The molecule has 3 atom stereocenters. The zero-order valence-corrected chi connectivity index (χ0v) is 14.0. The molecule has 3 heteroatoms. The van der Waals surface area contributed by atoms with Crippen molar-refractivity contribution >= 4 is 31.9 Å². The predicted octanol–water partition coefficient (Wildman–Crippen LogP) is 5.43. The van der Waals surface area contributed by atoms with Crippen LogP contribution in [0.3, 0.4) is 0 Å². The molecule has 18 heavy (non-hydrogen) atoms. The lowest BCUT2D eigenvalue weighted by molar-refractivity contribution is 0.196. The summed E-state index contributed by atoms with van der Waals surface area (Å²) in [6, 6.07) is 6.46. The molecule has 2 rings (SSSR count). The summed E-state index contributed by atoms with van der Waals surface area (Å²) in [7, 11) is 0. The third-order valence-electron chi connectivity index (χ3n) is 4.27. The van der Waals surface area contributed by atoms with E-state index < -0.39 is 0 Å². The summed E-state index contributed by atoms with van der Waals surface area (Å²) in [5.41, 5.74) is 7.80. The normalized spacial score (nSPS) is 26.0. The van der Waals surface area contributed by atoms with Crippen molar-refractivity contribution in [2.45, 2.75) is 45.1 Å². The van der Waals surface area contributed by atoms with Crippen molar-refractivity contribution < 1.29 is 0 Å². The molecule has 1 nitrogen and oxygen atoms in total. The lowest BCUT2D eigenvalue weighted by atomic mass is 9.73. The van der Waals surface area contributed by atoms with E-state index in [1.807, 2.05) is 0 Å². The van der Waals surface area contributed by atoms with Crippen molar-refractivity contribution in [3.05, 3.63) is 32.7 Å². The first kappa shape index (κ1) is 14.5. The molecule has 0 amide bonds. The van der Waals surface area contributed by atoms with Crippen molar-refractivity contribution in [3.8, 4) is 0 Å². The fourth-order valence-electron chi connectivity index (χ4n) is 3.22. The quantitative estimate of drug-likeness (QED) is 0.750. The molecule has 0 heterocycles. The van der Waals surface area contributed by atoms with E-state index >= 15 is 0 Å². The van der Waals surface area contributed by atoms with Gasteiger partial charge in [-0.3, -0.25) is 0 Å². The number of hydrogen-bond donors (Lipinski definition) is 1. The highest BCUT2D eigenvalue weighted by Gasteiger charge is 2.30. The third kappa shape index (κ3) is 3.17. The SMILES string of the molecule is CCC1CCCCC1C(N)c1cc(Br)ccc1Br. The lowest BCUT2D eigenvalue weighted by Crippen LogP contribution is -2.30. The minimum absolute atomic E-state index is 0.155. The Hall–Kier alpha value is 0.140. The average molecular weight is 375 g/mol. The molecule has 2 N–H and O–H groups in total. The number of benzene rings is 1. The van der Waals surface area contributed by atoms with Crippen LogP contribution in [0.2, 0.25) is 0 Å². The van der Waals surface area contributed by atoms with Crippen molar-refractivity contribution in [2.75, 3.05) is 0 Å². The molecule has 1 saturated carbocycles. The highest BCUT2D eigenvalue weighted by atomic mass is 79.9. The van der Waals surface area contributed by atoms with Crippen molar-refractivity contribution in [1.82, 2.24) is 0 Å². The van der Waals surface area contributed by atoms with Gasteiger partial charge in [0.2, 0.25) is 0 Å². The largest absolute Gasteiger partial charge is 0.324 e. The van der Waals surface area contributed by atoms with Gasteiger partial charge in [-0.1, -0.05) is 64.5 Å². The summed E-state index contributed by atoms with van der Waals surface area (Å²) in [5, 5.41) is 0. The second-order valence-corrected chi connectivity index (χ2v) is 7.08. The van der Waals surface area contributed by atoms with Crippen molar-refractivity contribution in [2.24, 2.45) is 17.6 Å². The maximum atomic E-state index is 6.55. The van der Waals surface area contributed by atoms with Gasteiger partial charge in [0.25, 0.3) is 0 Å². The Bertz CT molecular complexity index is 405. The van der Waals surface area contributed by atoms with E-state index in [9.17, 15) is 0 Å². The lowest BCUT2D eigenvalue weighted by Gasteiger charge is -2.35.